The number of fused-ring (bicyclic) bond motifs is 1. The lowest BCUT2D eigenvalue weighted by atomic mass is 9.79. The van der Waals surface area contributed by atoms with Gasteiger partial charge in [-0.3, -0.25) is 9.59 Å². The fourth-order valence-electron chi connectivity index (χ4n) is 4.41. The zero-order chi connectivity index (χ0) is 22.7. The second-order valence-electron chi connectivity index (χ2n) is 8.38. The highest BCUT2D eigenvalue weighted by Crippen LogP contribution is 2.30. The van der Waals surface area contributed by atoms with Crippen LogP contribution in [0.4, 0.5) is 0 Å². The number of amides is 2. The SMILES string of the molecule is CC(=O)NCc1cccc(C2CCN(C(=O)c3cccc4ccc(B(O)O)cc34)CC2)c1. The molecule has 0 saturated carbocycles. The van der Waals surface area contributed by atoms with Crippen LogP contribution in [-0.4, -0.2) is 47.0 Å². The van der Waals surface area contributed by atoms with Gasteiger partial charge in [-0.05, 0) is 52.2 Å². The molecular weight excluding hydrogens is 403 g/mol. The maximum absolute atomic E-state index is 13.3. The monoisotopic (exact) mass is 430 g/mol. The van der Waals surface area contributed by atoms with Gasteiger partial charge in [-0.1, -0.05) is 54.6 Å². The van der Waals surface area contributed by atoms with E-state index in [1.165, 1.54) is 12.5 Å². The Morgan fingerprint density at radius 3 is 2.50 bits per heavy atom. The van der Waals surface area contributed by atoms with E-state index in [1.807, 2.05) is 29.2 Å². The van der Waals surface area contributed by atoms with E-state index >= 15 is 0 Å². The molecule has 2 amide bonds. The van der Waals surface area contributed by atoms with Gasteiger partial charge in [-0.15, -0.1) is 0 Å². The fraction of sp³-hybridized carbons (Fsp3) is 0.280. The minimum atomic E-state index is -1.57. The number of nitrogens with one attached hydrogen (secondary N) is 1. The molecule has 164 valence electrons. The summed E-state index contributed by atoms with van der Waals surface area (Å²) in [5.74, 6) is 0.300. The van der Waals surface area contributed by atoms with E-state index in [-0.39, 0.29) is 11.8 Å². The summed E-state index contributed by atoms with van der Waals surface area (Å²) in [6, 6.07) is 19.0. The van der Waals surface area contributed by atoms with Crippen molar-refractivity contribution in [1.29, 1.82) is 0 Å². The molecule has 7 heteroatoms. The summed E-state index contributed by atoms with van der Waals surface area (Å²) in [5, 5.41) is 23.5. The molecule has 1 aliphatic heterocycles. The average molecular weight is 430 g/mol. The molecule has 3 aromatic carbocycles. The Morgan fingerprint density at radius 2 is 1.78 bits per heavy atom. The van der Waals surface area contributed by atoms with Crippen molar-refractivity contribution in [1.82, 2.24) is 10.2 Å². The van der Waals surface area contributed by atoms with Crippen molar-refractivity contribution in [3.63, 3.8) is 0 Å². The molecule has 3 N–H and O–H groups in total. The summed E-state index contributed by atoms with van der Waals surface area (Å²) in [6.45, 7) is 3.36. The van der Waals surface area contributed by atoms with E-state index in [4.69, 9.17) is 0 Å². The van der Waals surface area contributed by atoms with Gasteiger partial charge in [0, 0.05) is 32.1 Å². The van der Waals surface area contributed by atoms with Crippen LogP contribution in [0.5, 0.6) is 0 Å². The Bertz CT molecular complexity index is 1140. The summed E-state index contributed by atoms with van der Waals surface area (Å²) in [6.07, 6.45) is 1.75. The highest BCUT2D eigenvalue weighted by Gasteiger charge is 2.26. The number of carbonyl (C=O) groups is 2. The minimum absolute atomic E-state index is 0.0296. The van der Waals surface area contributed by atoms with E-state index in [2.05, 4.69) is 17.4 Å². The summed E-state index contributed by atoms with van der Waals surface area (Å²) in [7, 11) is -1.57. The van der Waals surface area contributed by atoms with Gasteiger partial charge >= 0.3 is 7.12 Å². The molecule has 3 aromatic rings. The molecule has 0 aliphatic carbocycles. The fourth-order valence-corrected chi connectivity index (χ4v) is 4.41. The first kappa shape index (κ1) is 22.1. The number of hydrogen-bond acceptors (Lipinski definition) is 4. The van der Waals surface area contributed by atoms with Gasteiger partial charge in [0.25, 0.3) is 5.91 Å². The van der Waals surface area contributed by atoms with Crippen LogP contribution in [0.1, 0.15) is 47.2 Å². The molecule has 0 radical (unpaired) electrons. The first-order valence-corrected chi connectivity index (χ1v) is 10.9. The van der Waals surface area contributed by atoms with Crippen LogP contribution >= 0.6 is 0 Å². The second-order valence-corrected chi connectivity index (χ2v) is 8.38. The predicted molar refractivity (Wildman–Crippen MR) is 126 cm³/mol. The standard InChI is InChI=1S/C25H27BN2O4/c1-17(29)27-16-18-4-2-6-21(14-18)19-10-12-28(13-11-19)25(30)23-7-3-5-20-8-9-22(26(31)32)15-24(20)23/h2-9,14-15,19,31-32H,10-13,16H2,1H3,(H,27,29). The highest BCUT2D eigenvalue weighted by atomic mass is 16.4. The number of piperidine rings is 1. The van der Waals surface area contributed by atoms with Crippen molar-refractivity contribution in [2.24, 2.45) is 0 Å². The van der Waals surface area contributed by atoms with Crippen LogP contribution in [0.2, 0.25) is 0 Å². The van der Waals surface area contributed by atoms with Crippen LogP contribution in [0, 0.1) is 0 Å². The number of nitrogens with zero attached hydrogens (tertiary/aromatic N) is 1. The molecule has 4 rings (SSSR count). The Kier molecular flexibility index (Phi) is 6.58. The van der Waals surface area contributed by atoms with Gasteiger partial charge in [0.1, 0.15) is 0 Å². The number of hydrogen-bond donors (Lipinski definition) is 3. The Hall–Kier alpha value is -3.16. The number of likely N-dealkylation sites (tertiary alicyclic amines) is 1. The third kappa shape index (κ3) is 4.84. The molecule has 0 unspecified atom stereocenters. The Balaban J connectivity index is 1.47. The van der Waals surface area contributed by atoms with Crippen molar-refractivity contribution < 1.29 is 19.6 Å². The molecule has 1 aliphatic rings. The van der Waals surface area contributed by atoms with Gasteiger partial charge in [0.2, 0.25) is 5.91 Å². The van der Waals surface area contributed by atoms with Gasteiger partial charge in [-0.25, -0.2) is 0 Å². The summed E-state index contributed by atoms with van der Waals surface area (Å²) >= 11 is 0. The third-order valence-corrected chi connectivity index (χ3v) is 6.18. The molecule has 1 heterocycles. The van der Waals surface area contributed by atoms with E-state index in [0.717, 1.165) is 29.2 Å². The Labute approximate surface area is 188 Å². The maximum atomic E-state index is 13.3. The summed E-state index contributed by atoms with van der Waals surface area (Å²) in [4.78, 5) is 26.4. The largest absolute Gasteiger partial charge is 0.488 e. The van der Waals surface area contributed by atoms with Crippen LogP contribution in [0.15, 0.2) is 60.7 Å². The van der Waals surface area contributed by atoms with Crippen LogP contribution in [0.25, 0.3) is 10.8 Å². The van der Waals surface area contributed by atoms with E-state index < -0.39 is 7.12 Å². The minimum Gasteiger partial charge on any atom is -0.423 e. The third-order valence-electron chi connectivity index (χ3n) is 6.18. The van der Waals surface area contributed by atoms with Gasteiger partial charge in [0.15, 0.2) is 0 Å². The van der Waals surface area contributed by atoms with Crippen molar-refractivity contribution in [2.75, 3.05) is 13.1 Å². The topological polar surface area (TPSA) is 89.9 Å². The summed E-state index contributed by atoms with van der Waals surface area (Å²) < 4.78 is 0. The zero-order valence-electron chi connectivity index (χ0n) is 18.1. The molecule has 32 heavy (non-hydrogen) atoms. The number of rotatable bonds is 5. The van der Waals surface area contributed by atoms with Crippen molar-refractivity contribution in [3.05, 3.63) is 77.4 Å². The molecule has 0 atom stereocenters. The van der Waals surface area contributed by atoms with Crippen molar-refractivity contribution in [2.45, 2.75) is 32.2 Å². The quantitative estimate of drug-likeness (QED) is 0.542. The molecule has 0 bridgehead atoms. The molecule has 6 nitrogen and oxygen atoms in total. The first-order chi connectivity index (χ1) is 15.4. The normalized spacial score (nSPS) is 14.4. The Morgan fingerprint density at radius 1 is 1.03 bits per heavy atom. The van der Waals surface area contributed by atoms with Crippen molar-refractivity contribution in [3.8, 4) is 0 Å². The second kappa shape index (κ2) is 9.55. The molecule has 0 aromatic heterocycles. The molecular formula is C25H27BN2O4. The lowest BCUT2D eigenvalue weighted by Crippen LogP contribution is -2.38. The van der Waals surface area contributed by atoms with Gasteiger partial charge < -0.3 is 20.3 Å². The lowest BCUT2D eigenvalue weighted by Gasteiger charge is -2.32. The van der Waals surface area contributed by atoms with Crippen molar-refractivity contribution >= 4 is 35.2 Å². The molecule has 0 spiro atoms. The van der Waals surface area contributed by atoms with Gasteiger partial charge in [0.05, 0.1) is 0 Å². The van der Waals surface area contributed by atoms with E-state index in [9.17, 15) is 19.6 Å². The number of carbonyl (C=O) groups excluding carboxylic acids is 2. The van der Waals surface area contributed by atoms with Gasteiger partial charge in [-0.2, -0.15) is 0 Å². The van der Waals surface area contributed by atoms with E-state index in [1.54, 1.807) is 24.3 Å². The lowest BCUT2D eigenvalue weighted by molar-refractivity contribution is -0.119. The van der Waals surface area contributed by atoms with Crippen LogP contribution < -0.4 is 10.8 Å². The molecule has 1 saturated heterocycles. The zero-order valence-corrected chi connectivity index (χ0v) is 18.1. The number of benzene rings is 3. The van der Waals surface area contributed by atoms with E-state index in [0.29, 0.717) is 36.6 Å². The van der Waals surface area contributed by atoms with Crippen LogP contribution in [0.3, 0.4) is 0 Å². The smallest absolute Gasteiger partial charge is 0.423 e. The summed E-state index contributed by atoms with van der Waals surface area (Å²) in [5.41, 5.74) is 3.27. The maximum Gasteiger partial charge on any atom is 0.488 e. The molecule has 1 fully saturated rings. The van der Waals surface area contributed by atoms with Crippen LogP contribution in [-0.2, 0) is 11.3 Å². The predicted octanol–water partition coefficient (Wildman–Crippen LogP) is 2.18. The first-order valence-electron chi connectivity index (χ1n) is 10.9. The highest BCUT2D eigenvalue weighted by molar-refractivity contribution is 6.59. The average Bonchev–Trinajstić information content (AvgIpc) is 2.82.